The van der Waals surface area contributed by atoms with Crippen molar-refractivity contribution < 1.29 is 19.1 Å². The van der Waals surface area contributed by atoms with Gasteiger partial charge in [0.15, 0.2) is 0 Å². The van der Waals surface area contributed by atoms with Gasteiger partial charge in [-0.3, -0.25) is 4.79 Å². The fourth-order valence-corrected chi connectivity index (χ4v) is 3.41. The van der Waals surface area contributed by atoms with E-state index in [1.54, 1.807) is 17.2 Å². The van der Waals surface area contributed by atoms with E-state index in [9.17, 15) is 14.4 Å². The Kier molecular flexibility index (Phi) is 7.66. The SMILES string of the molecule is COC(=O)c1cc(NC(=O)NCCC(=O)N2CCN(c3ccccn3)CC2)ccc1Cl. The Morgan fingerprint density at radius 3 is 2.58 bits per heavy atom. The van der Waals surface area contributed by atoms with E-state index in [2.05, 4.69) is 25.3 Å². The largest absolute Gasteiger partial charge is 0.465 e. The zero-order chi connectivity index (χ0) is 22.2. The molecule has 1 aromatic carbocycles. The molecule has 0 aliphatic carbocycles. The number of methoxy groups -OCH3 is 1. The molecule has 3 amide bonds. The highest BCUT2D eigenvalue weighted by Gasteiger charge is 2.21. The molecule has 1 fully saturated rings. The normalized spacial score (nSPS) is 13.5. The van der Waals surface area contributed by atoms with Gasteiger partial charge in [-0.25, -0.2) is 14.6 Å². The lowest BCUT2D eigenvalue weighted by molar-refractivity contribution is -0.131. The molecule has 1 aliphatic heterocycles. The first kappa shape index (κ1) is 22.4. The molecule has 2 aromatic rings. The third kappa shape index (κ3) is 6.08. The first-order valence-corrected chi connectivity index (χ1v) is 10.2. The molecular weight excluding hydrogens is 422 g/mol. The number of piperazine rings is 1. The van der Waals surface area contributed by atoms with E-state index in [-0.39, 0.29) is 29.5 Å². The monoisotopic (exact) mass is 445 g/mol. The molecule has 0 spiro atoms. The first-order chi connectivity index (χ1) is 15.0. The number of amides is 3. The zero-order valence-electron chi connectivity index (χ0n) is 17.1. The van der Waals surface area contributed by atoms with E-state index in [1.165, 1.54) is 19.2 Å². The number of ether oxygens (including phenoxy) is 1. The number of pyridine rings is 1. The van der Waals surface area contributed by atoms with Gasteiger partial charge in [-0.2, -0.15) is 0 Å². The van der Waals surface area contributed by atoms with Crippen LogP contribution >= 0.6 is 11.6 Å². The van der Waals surface area contributed by atoms with Gasteiger partial charge in [0.05, 0.1) is 17.7 Å². The number of esters is 1. The van der Waals surface area contributed by atoms with Crippen molar-refractivity contribution in [1.29, 1.82) is 0 Å². The summed E-state index contributed by atoms with van der Waals surface area (Å²) in [5, 5.41) is 5.48. The predicted octanol–water partition coefficient (Wildman–Crippen LogP) is 2.38. The molecule has 0 bridgehead atoms. The average molecular weight is 446 g/mol. The fourth-order valence-electron chi connectivity index (χ4n) is 3.21. The Bertz CT molecular complexity index is 933. The quantitative estimate of drug-likeness (QED) is 0.661. The number of carbonyl (C=O) groups excluding carboxylic acids is 3. The van der Waals surface area contributed by atoms with Crippen molar-refractivity contribution in [3.05, 3.63) is 53.2 Å². The second kappa shape index (κ2) is 10.6. The summed E-state index contributed by atoms with van der Waals surface area (Å²) in [5.41, 5.74) is 0.543. The average Bonchev–Trinajstić information content (AvgIpc) is 2.80. The van der Waals surface area contributed by atoms with Crippen LogP contribution in [-0.4, -0.2) is 67.6 Å². The number of anilines is 2. The van der Waals surface area contributed by atoms with Crippen molar-refractivity contribution in [2.45, 2.75) is 6.42 Å². The van der Waals surface area contributed by atoms with Gasteiger partial charge in [-0.05, 0) is 30.3 Å². The standard InChI is InChI=1S/C21H24ClN5O4/c1-31-20(29)16-14-15(5-6-17(16)22)25-21(30)24-9-7-19(28)27-12-10-26(11-13-27)18-4-2-3-8-23-18/h2-6,8,14H,7,9-13H2,1H3,(H2,24,25,30). The molecule has 0 atom stereocenters. The second-order valence-corrected chi connectivity index (χ2v) is 7.28. The van der Waals surface area contributed by atoms with E-state index in [0.717, 1.165) is 18.9 Å². The van der Waals surface area contributed by atoms with Crippen molar-refractivity contribution in [1.82, 2.24) is 15.2 Å². The molecule has 1 aromatic heterocycles. The molecule has 0 radical (unpaired) electrons. The Balaban J connectivity index is 1.41. The summed E-state index contributed by atoms with van der Waals surface area (Å²) in [5.74, 6) is 0.300. The summed E-state index contributed by atoms with van der Waals surface area (Å²) in [6, 6.07) is 9.78. The van der Waals surface area contributed by atoms with Gasteiger partial charge in [0.1, 0.15) is 5.82 Å². The molecule has 164 valence electrons. The lowest BCUT2D eigenvalue weighted by Gasteiger charge is -2.35. The number of aromatic nitrogens is 1. The van der Waals surface area contributed by atoms with Gasteiger partial charge in [0.2, 0.25) is 5.91 Å². The molecule has 31 heavy (non-hydrogen) atoms. The fraction of sp³-hybridized carbons (Fsp3) is 0.333. The third-order valence-corrected chi connectivity index (χ3v) is 5.19. The van der Waals surface area contributed by atoms with Crippen LogP contribution < -0.4 is 15.5 Å². The van der Waals surface area contributed by atoms with Crippen LogP contribution in [0.25, 0.3) is 0 Å². The first-order valence-electron chi connectivity index (χ1n) is 9.84. The Hall–Kier alpha value is -3.33. The maximum absolute atomic E-state index is 12.4. The minimum absolute atomic E-state index is 0.0135. The van der Waals surface area contributed by atoms with Crippen LogP contribution in [0.1, 0.15) is 16.8 Å². The third-order valence-electron chi connectivity index (χ3n) is 4.86. The molecule has 1 saturated heterocycles. The number of nitrogens with one attached hydrogen (secondary N) is 2. The predicted molar refractivity (Wildman–Crippen MR) is 117 cm³/mol. The number of halogens is 1. The lowest BCUT2D eigenvalue weighted by Crippen LogP contribution is -2.49. The van der Waals surface area contributed by atoms with Crippen molar-refractivity contribution in [2.75, 3.05) is 50.1 Å². The molecule has 9 nitrogen and oxygen atoms in total. The van der Waals surface area contributed by atoms with Crippen LogP contribution in [0.2, 0.25) is 5.02 Å². The summed E-state index contributed by atoms with van der Waals surface area (Å²) in [6.07, 6.45) is 1.95. The van der Waals surface area contributed by atoms with Crippen LogP contribution in [0.4, 0.5) is 16.3 Å². The van der Waals surface area contributed by atoms with Crippen molar-refractivity contribution in [2.24, 2.45) is 0 Å². The summed E-state index contributed by atoms with van der Waals surface area (Å²) in [7, 11) is 1.25. The highest BCUT2D eigenvalue weighted by molar-refractivity contribution is 6.33. The smallest absolute Gasteiger partial charge is 0.339 e. The Morgan fingerprint density at radius 1 is 1.13 bits per heavy atom. The topological polar surface area (TPSA) is 104 Å². The summed E-state index contributed by atoms with van der Waals surface area (Å²) in [4.78, 5) is 44.5. The number of hydrogen-bond acceptors (Lipinski definition) is 6. The number of urea groups is 1. The van der Waals surface area contributed by atoms with Crippen LogP contribution in [0.3, 0.4) is 0 Å². The highest BCUT2D eigenvalue weighted by atomic mass is 35.5. The van der Waals surface area contributed by atoms with Crippen molar-refractivity contribution in [3.8, 4) is 0 Å². The molecule has 1 aliphatic rings. The van der Waals surface area contributed by atoms with Crippen LogP contribution in [0.15, 0.2) is 42.6 Å². The second-order valence-electron chi connectivity index (χ2n) is 6.87. The van der Waals surface area contributed by atoms with Gasteiger partial charge in [0.25, 0.3) is 0 Å². The summed E-state index contributed by atoms with van der Waals surface area (Å²) >= 11 is 5.96. The van der Waals surface area contributed by atoms with Crippen molar-refractivity contribution >= 4 is 41.0 Å². The Morgan fingerprint density at radius 2 is 1.90 bits per heavy atom. The van der Waals surface area contributed by atoms with Crippen molar-refractivity contribution in [3.63, 3.8) is 0 Å². The number of rotatable bonds is 6. The number of carbonyl (C=O) groups is 3. The molecule has 3 rings (SSSR count). The molecule has 0 unspecified atom stereocenters. The number of hydrogen-bond donors (Lipinski definition) is 2. The van der Waals surface area contributed by atoms with Gasteiger partial charge in [-0.1, -0.05) is 17.7 Å². The van der Waals surface area contributed by atoms with E-state index < -0.39 is 12.0 Å². The molecular formula is C21H24ClN5O4. The molecule has 0 saturated carbocycles. The van der Waals surface area contributed by atoms with Gasteiger partial charge in [-0.15, -0.1) is 0 Å². The highest BCUT2D eigenvalue weighted by Crippen LogP contribution is 2.21. The summed E-state index contributed by atoms with van der Waals surface area (Å²) < 4.78 is 4.66. The molecule has 10 heteroatoms. The van der Waals surface area contributed by atoms with Crippen LogP contribution in [-0.2, 0) is 9.53 Å². The van der Waals surface area contributed by atoms with Gasteiger partial charge < -0.3 is 25.2 Å². The van der Waals surface area contributed by atoms with Crippen LogP contribution in [0.5, 0.6) is 0 Å². The maximum Gasteiger partial charge on any atom is 0.339 e. The number of benzene rings is 1. The van der Waals surface area contributed by atoms with E-state index >= 15 is 0 Å². The van der Waals surface area contributed by atoms with E-state index in [4.69, 9.17) is 11.6 Å². The Labute approximate surface area is 185 Å². The van der Waals surface area contributed by atoms with Gasteiger partial charge >= 0.3 is 12.0 Å². The summed E-state index contributed by atoms with van der Waals surface area (Å²) in [6.45, 7) is 2.86. The minimum Gasteiger partial charge on any atom is -0.465 e. The van der Waals surface area contributed by atoms with Crippen LogP contribution in [0, 0.1) is 0 Å². The minimum atomic E-state index is -0.595. The maximum atomic E-state index is 12.4. The lowest BCUT2D eigenvalue weighted by atomic mass is 10.2. The molecule has 2 N–H and O–H groups in total. The zero-order valence-corrected chi connectivity index (χ0v) is 17.9. The molecule has 2 heterocycles. The van der Waals surface area contributed by atoms with E-state index in [0.29, 0.717) is 18.8 Å². The van der Waals surface area contributed by atoms with Gasteiger partial charge in [0, 0.05) is 51.0 Å². The number of nitrogens with zero attached hydrogens (tertiary/aromatic N) is 3. The van der Waals surface area contributed by atoms with E-state index in [1.807, 2.05) is 18.2 Å².